The highest BCUT2D eigenvalue weighted by atomic mass is 35.7. The van der Waals surface area contributed by atoms with Crippen LogP contribution in [0.5, 0.6) is 0 Å². The van der Waals surface area contributed by atoms with Crippen molar-refractivity contribution in [3.8, 4) is 0 Å². The maximum Gasteiger partial charge on any atom is 0.175 e. The van der Waals surface area contributed by atoms with Gasteiger partial charge in [0.05, 0.1) is 5.57 Å². The predicted molar refractivity (Wildman–Crippen MR) is 114 cm³/mol. The third-order valence-electron chi connectivity index (χ3n) is 4.45. The molecule has 2 aromatic carbocycles. The Bertz CT molecular complexity index is 1050. The van der Waals surface area contributed by atoms with Gasteiger partial charge in [0.2, 0.25) is 0 Å². The van der Waals surface area contributed by atoms with E-state index in [0.717, 1.165) is 0 Å². The van der Waals surface area contributed by atoms with E-state index in [4.69, 9.17) is 18.6 Å². The second-order valence-corrected chi connectivity index (χ2v) is 8.70. The molecule has 6 nitrogen and oxygen atoms in total. The van der Waals surface area contributed by atoms with Crippen LogP contribution in [-0.4, -0.2) is 20.3 Å². The summed E-state index contributed by atoms with van der Waals surface area (Å²) >= 11 is 1.82. The van der Waals surface area contributed by atoms with E-state index >= 15 is 0 Å². The zero-order valence-electron chi connectivity index (χ0n) is 16.9. The normalized spacial score (nSPS) is 17.6. The Kier molecular flexibility index (Phi) is 7.50. The van der Waals surface area contributed by atoms with Gasteiger partial charge in [0.1, 0.15) is 0 Å². The molecule has 0 fully saturated rings. The quantitative estimate of drug-likeness (QED) is 0.641. The molecule has 0 unspecified atom stereocenters. The van der Waals surface area contributed by atoms with Gasteiger partial charge in [-0.05, 0) is 41.0 Å². The molecule has 0 radical (unpaired) electrons. The highest BCUT2D eigenvalue weighted by molar-refractivity contribution is 8.12. The molecule has 2 aromatic rings. The lowest BCUT2D eigenvalue weighted by Crippen LogP contribution is -2.68. The van der Waals surface area contributed by atoms with Gasteiger partial charge in [-0.25, -0.2) is 23.6 Å². The summed E-state index contributed by atoms with van der Waals surface area (Å²) in [5.74, 6) is 0. The van der Waals surface area contributed by atoms with E-state index < -0.39 is 10.2 Å². The van der Waals surface area contributed by atoms with E-state index in [9.17, 15) is 0 Å². The molecule has 31 heavy (non-hydrogen) atoms. The van der Waals surface area contributed by atoms with Crippen molar-refractivity contribution in [2.24, 2.45) is 0 Å². The minimum Gasteiger partial charge on any atom is -0.378 e. The Morgan fingerprint density at radius 1 is 0.839 bits per heavy atom. The molecule has 0 saturated carbocycles. The Hall–Kier alpha value is -2.65. The van der Waals surface area contributed by atoms with Crippen molar-refractivity contribution >= 4 is 34.1 Å². The second-order valence-electron chi connectivity index (χ2n) is 6.86. The summed E-state index contributed by atoms with van der Waals surface area (Å²) in [5.41, 5.74) is 6.16. The number of benzene rings is 2. The average Bonchev–Trinajstić information content (AvgIpc) is 3.28. The fourth-order valence-corrected chi connectivity index (χ4v) is 4.09. The molecule has 0 spiro atoms. The number of nitrogens with one attached hydrogen (secondary N) is 1. The minimum atomic E-state index is -4.94. The monoisotopic (exact) mass is 456 g/mol. The van der Waals surface area contributed by atoms with E-state index in [0.29, 0.717) is 0 Å². The number of nitrogens with zero attached hydrogens (tertiary/aromatic N) is 1. The van der Waals surface area contributed by atoms with Gasteiger partial charge in [0, 0.05) is 35.7 Å². The zero-order chi connectivity index (χ0) is 22.4. The fourth-order valence-electron chi connectivity index (χ4n) is 2.98. The first-order chi connectivity index (χ1) is 14.7. The summed E-state index contributed by atoms with van der Waals surface area (Å²) in [6, 6.07) is 19.3. The number of thioether (sulfide) groups is 1. The smallest absolute Gasteiger partial charge is 0.175 e. The van der Waals surface area contributed by atoms with Crippen LogP contribution in [-0.2, 0) is 0 Å². The van der Waals surface area contributed by atoms with Crippen LogP contribution in [0.15, 0.2) is 89.5 Å². The molecular formula is C23H21ClN2O4S. The highest BCUT2D eigenvalue weighted by Crippen LogP contribution is 2.43. The molecule has 2 heterocycles. The Labute approximate surface area is 187 Å². The lowest BCUT2D eigenvalue weighted by atomic mass is 10.0. The molecule has 0 aliphatic carbocycles. The van der Waals surface area contributed by atoms with Gasteiger partial charge in [-0.15, -0.1) is 10.2 Å². The van der Waals surface area contributed by atoms with Crippen molar-refractivity contribution in [2.45, 2.75) is 0 Å². The molecule has 0 bridgehead atoms. The third kappa shape index (κ3) is 6.93. The standard InChI is InChI=1S/C23H20N2S.ClHO4/c1-25(2)21-10-8-17(9-11-21)20-14-22(18-6-4-3-5-7-18)26-23(15-20)19-12-13-24-16-19;2-1(3,4)5/h3-16H,1-2H3;(H,2,3,4,5). The van der Waals surface area contributed by atoms with Crippen LogP contribution >= 0.6 is 11.8 Å². The maximum absolute atomic E-state index is 8.49. The van der Waals surface area contributed by atoms with Crippen molar-refractivity contribution in [3.05, 3.63) is 101 Å². The highest BCUT2D eigenvalue weighted by Gasteiger charge is 2.17. The number of allylic oxidation sites excluding steroid dienone is 5. The van der Waals surface area contributed by atoms with Crippen molar-refractivity contribution in [1.82, 2.24) is 0 Å². The van der Waals surface area contributed by atoms with Crippen LogP contribution in [0, 0.1) is 10.2 Å². The van der Waals surface area contributed by atoms with Crippen molar-refractivity contribution in [3.63, 3.8) is 0 Å². The molecule has 4 rings (SSSR count). The largest absolute Gasteiger partial charge is 0.378 e. The minimum absolute atomic E-state index is 1.21. The van der Waals surface area contributed by atoms with E-state index in [1.807, 2.05) is 18.0 Å². The van der Waals surface area contributed by atoms with Crippen LogP contribution in [0.4, 0.5) is 5.69 Å². The summed E-state index contributed by atoms with van der Waals surface area (Å²) in [6.45, 7) is 0. The number of hydrogen-bond acceptors (Lipinski definition) is 6. The maximum atomic E-state index is 8.49. The summed E-state index contributed by atoms with van der Waals surface area (Å²) in [5, 5.41) is 0. The topological polar surface area (TPSA) is 109 Å². The summed E-state index contributed by atoms with van der Waals surface area (Å²) in [6.07, 6.45) is 10.7. The Balaban J connectivity index is 0.000000491. The molecule has 0 atom stereocenters. The van der Waals surface area contributed by atoms with Crippen LogP contribution in [0.25, 0.3) is 10.5 Å². The van der Waals surface area contributed by atoms with Gasteiger partial charge in [-0.1, -0.05) is 54.2 Å². The van der Waals surface area contributed by atoms with Crippen LogP contribution in [0.3, 0.4) is 0 Å². The van der Waals surface area contributed by atoms with Gasteiger partial charge in [0.25, 0.3) is 0 Å². The van der Waals surface area contributed by atoms with E-state index in [2.05, 4.69) is 103 Å². The molecule has 1 N–H and O–H groups in total. The number of anilines is 1. The van der Waals surface area contributed by atoms with E-state index in [1.165, 1.54) is 37.8 Å². The van der Waals surface area contributed by atoms with Crippen LogP contribution in [0.1, 0.15) is 11.1 Å². The SMILES string of the molecule is CN(C)c1ccc(C2=CC(=C3C=C[NH+]=C3)SC(c3ccccc3)=C2)cc1.[O-][Cl+3]([O-])([O-])[O-]. The number of halogens is 1. The molecule has 2 aliphatic heterocycles. The van der Waals surface area contributed by atoms with Gasteiger partial charge >= 0.3 is 0 Å². The predicted octanol–water partition coefficient (Wildman–Crippen LogP) is -0.899. The Morgan fingerprint density at radius 2 is 1.48 bits per heavy atom. The summed E-state index contributed by atoms with van der Waals surface area (Å²) in [4.78, 5) is 7.83. The molecule has 0 aromatic heterocycles. The summed E-state index contributed by atoms with van der Waals surface area (Å²) in [7, 11) is -0.812. The van der Waals surface area contributed by atoms with Crippen molar-refractivity contribution < 1.29 is 33.9 Å². The molecular weight excluding hydrogens is 436 g/mol. The van der Waals surface area contributed by atoms with E-state index in [-0.39, 0.29) is 0 Å². The number of hydrogen-bond donors (Lipinski definition) is 1. The fraction of sp³-hybridized carbons (Fsp3) is 0.0870. The first kappa shape index (κ1) is 23.0. The molecule has 0 saturated heterocycles. The Morgan fingerprint density at radius 3 is 2.03 bits per heavy atom. The molecule has 2 aliphatic rings. The second kappa shape index (κ2) is 10.1. The summed E-state index contributed by atoms with van der Waals surface area (Å²) < 4.78 is 34.0. The molecule has 8 heteroatoms. The number of rotatable bonds is 3. The molecule has 160 valence electrons. The lowest BCUT2D eigenvalue weighted by molar-refractivity contribution is -2.00. The first-order valence-corrected chi connectivity index (χ1v) is 11.3. The van der Waals surface area contributed by atoms with E-state index in [1.54, 1.807) is 0 Å². The van der Waals surface area contributed by atoms with Crippen LogP contribution in [0.2, 0.25) is 0 Å². The van der Waals surface area contributed by atoms with Crippen molar-refractivity contribution in [2.75, 3.05) is 19.0 Å². The average molecular weight is 457 g/mol. The first-order valence-electron chi connectivity index (χ1n) is 9.27. The van der Waals surface area contributed by atoms with Crippen molar-refractivity contribution in [1.29, 1.82) is 0 Å². The zero-order valence-corrected chi connectivity index (χ0v) is 18.5. The van der Waals surface area contributed by atoms with Gasteiger partial charge in [-0.3, -0.25) is 0 Å². The lowest BCUT2D eigenvalue weighted by Gasteiger charge is -2.18. The third-order valence-corrected chi connectivity index (χ3v) is 5.60. The van der Waals surface area contributed by atoms with Crippen LogP contribution < -0.4 is 28.5 Å². The molecule has 0 amide bonds. The van der Waals surface area contributed by atoms with Gasteiger partial charge in [-0.2, -0.15) is 0 Å². The van der Waals surface area contributed by atoms with Gasteiger partial charge in [0.15, 0.2) is 12.4 Å². The van der Waals surface area contributed by atoms with Gasteiger partial charge < -0.3 is 4.90 Å².